The molecule has 0 saturated heterocycles. The topological polar surface area (TPSA) is 102 Å². The highest BCUT2D eigenvalue weighted by Crippen LogP contribution is 2.61. The van der Waals surface area contributed by atoms with Gasteiger partial charge in [0, 0.05) is 6.42 Å². The molecular weight excluding hydrogens is 362 g/mol. The van der Waals surface area contributed by atoms with E-state index >= 15 is 0 Å². The molecule has 4 bridgehead atoms. The molecule has 4 fully saturated rings. The molecule has 0 radical (unpaired) electrons. The summed E-state index contributed by atoms with van der Waals surface area (Å²) in [6.07, 6.45) is 8.27. The molecule has 4 aliphatic carbocycles. The molecule has 0 aliphatic heterocycles. The summed E-state index contributed by atoms with van der Waals surface area (Å²) in [6.45, 7) is 1.79. The average Bonchev–Trinajstić information content (AvgIpc) is 2.57. The molecule has 0 heterocycles. The fraction of sp³-hybridized carbons (Fsp3) is 0.600. The van der Waals surface area contributed by atoms with Gasteiger partial charge in [0.1, 0.15) is 0 Å². The number of carbonyl (C=O) groups is 1. The van der Waals surface area contributed by atoms with Crippen molar-refractivity contribution in [3.8, 4) is 0 Å². The van der Waals surface area contributed by atoms with Gasteiger partial charge in [-0.05, 0) is 86.3 Å². The number of hydrogen-bond acceptors (Lipinski definition) is 4. The molecular formula is C20H27N3O3S. The maximum atomic E-state index is 12.5. The predicted octanol–water partition coefficient (Wildman–Crippen LogP) is 2.78. The van der Waals surface area contributed by atoms with Crippen molar-refractivity contribution in [3.05, 3.63) is 29.8 Å². The number of sulfonamides is 1. The van der Waals surface area contributed by atoms with E-state index in [0.29, 0.717) is 12.1 Å². The molecule has 7 heteroatoms. The number of hydrogen-bond donors (Lipinski definition) is 2. The average molecular weight is 390 g/mol. The van der Waals surface area contributed by atoms with Crippen LogP contribution >= 0.6 is 0 Å². The van der Waals surface area contributed by atoms with Crippen molar-refractivity contribution in [1.29, 1.82) is 0 Å². The number of primary sulfonamides is 1. The first-order chi connectivity index (χ1) is 12.7. The van der Waals surface area contributed by atoms with Crippen LogP contribution in [0.3, 0.4) is 0 Å². The summed E-state index contributed by atoms with van der Waals surface area (Å²) < 4.78 is 22.6. The number of hydrazone groups is 1. The zero-order valence-electron chi connectivity index (χ0n) is 15.6. The summed E-state index contributed by atoms with van der Waals surface area (Å²) >= 11 is 0. The van der Waals surface area contributed by atoms with Crippen LogP contribution in [-0.2, 0) is 14.8 Å². The maximum Gasteiger partial charge on any atom is 0.240 e. The first-order valence-corrected chi connectivity index (χ1v) is 11.2. The van der Waals surface area contributed by atoms with Crippen LogP contribution in [0.2, 0.25) is 0 Å². The Labute approximate surface area is 160 Å². The van der Waals surface area contributed by atoms with E-state index < -0.39 is 10.0 Å². The van der Waals surface area contributed by atoms with Crippen LogP contribution in [0.4, 0.5) is 0 Å². The minimum Gasteiger partial charge on any atom is -0.273 e. The predicted molar refractivity (Wildman–Crippen MR) is 103 cm³/mol. The minimum absolute atomic E-state index is 0.0162. The van der Waals surface area contributed by atoms with Gasteiger partial charge in [-0.3, -0.25) is 4.79 Å². The monoisotopic (exact) mass is 389 g/mol. The summed E-state index contributed by atoms with van der Waals surface area (Å²) in [4.78, 5) is 12.6. The molecule has 1 aromatic carbocycles. The summed E-state index contributed by atoms with van der Waals surface area (Å²) in [5.74, 6) is 2.46. The molecule has 27 heavy (non-hydrogen) atoms. The third-order valence-electron chi connectivity index (χ3n) is 6.65. The molecule has 1 aromatic rings. The first-order valence-electron chi connectivity index (χ1n) is 9.69. The van der Waals surface area contributed by atoms with Crippen LogP contribution in [0.1, 0.15) is 57.4 Å². The SMILES string of the molecule is C/C(=N\NC(=O)CC12CC3CC(CC(C3)C1)C2)c1ccc(S(N)(=O)=O)cc1. The lowest BCUT2D eigenvalue weighted by atomic mass is 9.49. The molecule has 6 nitrogen and oxygen atoms in total. The lowest BCUT2D eigenvalue weighted by Crippen LogP contribution is -2.47. The van der Waals surface area contributed by atoms with Gasteiger partial charge in [0.15, 0.2) is 0 Å². The number of nitrogens with one attached hydrogen (secondary N) is 1. The second-order valence-corrected chi connectivity index (χ2v) is 10.5. The van der Waals surface area contributed by atoms with Crippen LogP contribution < -0.4 is 10.6 Å². The number of carbonyl (C=O) groups excluding carboxylic acids is 1. The molecule has 0 aromatic heterocycles. The van der Waals surface area contributed by atoms with Crippen LogP contribution in [0.15, 0.2) is 34.3 Å². The van der Waals surface area contributed by atoms with E-state index in [2.05, 4.69) is 10.5 Å². The Balaban J connectivity index is 1.38. The first kappa shape index (κ1) is 18.6. The number of benzene rings is 1. The quantitative estimate of drug-likeness (QED) is 0.598. The van der Waals surface area contributed by atoms with Crippen LogP contribution in [-0.4, -0.2) is 20.0 Å². The van der Waals surface area contributed by atoms with Gasteiger partial charge in [-0.15, -0.1) is 0 Å². The Hall–Kier alpha value is -1.73. The summed E-state index contributed by atoms with van der Waals surface area (Å²) in [5.41, 5.74) is 4.28. The third-order valence-corrected chi connectivity index (χ3v) is 7.58. The van der Waals surface area contributed by atoms with Gasteiger partial charge in [-0.25, -0.2) is 19.0 Å². The van der Waals surface area contributed by atoms with Crippen molar-refractivity contribution >= 4 is 21.6 Å². The Morgan fingerprint density at radius 2 is 1.63 bits per heavy atom. The van der Waals surface area contributed by atoms with Crippen molar-refractivity contribution < 1.29 is 13.2 Å². The minimum atomic E-state index is -3.71. The van der Waals surface area contributed by atoms with Crippen LogP contribution in [0.25, 0.3) is 0 Å². The molecule has 0 spiro atoms. The Bertz CT molecular complexity index is 839. The highest BCUT2D eigenvalue weighted by molar-refractivity contribution is 7.89. The lowest BCUT2D eigenvalue weighted by molar-refractivity contribution is -0.129. The number of rotatable bonds is 5. The number of nitrogens with two attached hydrogens (primary N) is 1. The van der Waals surface area contributed by atoms with Gasteiger partial charge in [0.2, 0.25) is 15.9 Å². The summed E-state index contributed by atoms with van der Waals surface area (Å²) in [6, 6.07) is 6.18. The normalized spacial score (nSPS) is 32.5. The molecule has 146 valence electrons. The smallest absolute Gasteiger partial charge is 0.240 e. The van der Waals surface area contributed by atoms with E-state index in [1.807, 2.05) is 0 Å². The second-order valence-electron chi connectivity index (χ2n) is 8.90. The van der Waals surface area contributed by atoms with E-state index in [9.17, 15) is 13.2 Å². The highest BCUT2D eigenvalue weighted by Gasteiger charge is 2.51. The van der Waals surface area contributed by atoms with E-state index in [-0.39, 0.29) is 16.2 Å². The molecule has 4 aliphatic rings. The molecule has 1 amide bonds. The highest BCUT2D eigenvalue weighted by atomic mass is 32.2. The van der Waals surface area contributed by atoms with Crippen molar-refractivity contribution in [2.45, 2.75) is 56.8 Å². The van der Waals surface area contributed by atoms with E-state index in [1.165, 1.54) is 50.7 Å². The van der Waals surface area contributed by atoms with E-state index in [0.717, 1.165) is 23.3 Å². The molecule has 5 rings (SSSR count). The number of nitrogens with zero attached hydrogens (tertiary/aromatic N) is 1. The molecule has 3 N–H and O–H groups in total. The zero-order valence-corrected chi connectivity index (χ0v) is 16.5. The van der Waals surface area contributed by atoms with Gasteiger partial charge in [-0.2, -0.15) is 5.10 Å². The maximum absolute atomic E-state index is 12.5. The van der Waals surface area contributed by atoms with Gasteiger partial charge in [-0.1, -0.05) is 12.1 Å². The third kappa shape index (κ3) is 3.94. The fourth-order valence-electron chi connectivity index (χ4n) is 5.98. The second kappa shape index (κ2) is 6.71. The number of amides is 1. The fourth-order valence-corrected chi connectivity index (χ4v) is 6.50. The standard InChI is InChI=1S/C20H27N3O3S/c1-13(17-2-4-18(5-3-17)27(21,25)26)22-23-19(24)12-20-9-14-6-15(10-20)8-16(7-14)11-20/h2-5,14-16H,6-12H2,1H3,(H,23,24)(H2,21,25,26)/b22-13+. The van der Waals surface area contributed by atoms with Crippen molar-refractivity contribution in [1.82, 2.24) is 5.43 Å². The van der Waals surface area contributed by atoms with Crippen molar-refractivity contribution in [2.75, 3.05) is 0 Å². The summed E-state index contributed by atoms with van der Waals surface area (Å²) in [5, 5.41) is 9.33. The van der Waals surface area contributed by atoms with Gasteiger partial charge < -0.3 is 0 Å². The van der Waals surface area contributed by atoms with Gasteiger partial charge >= 0.3 is 0 Å². The largest absolute Gasteiger partial charge is 0.273 e. The Morgan fingerprint density at radius 3 is 2.11 bits per heavy atom. The van der Waals surface area contributed by atoms with E-state index in [1.54, 1.807) is 19.1 Å². The van der Waals surface area contributed by atoms with Gasteiger partial charge in [0.05, 0.1) is 10.6 Å². The lowest BCUT2D eigenvalue weighted by Gasteiger charge is -2.56. The Morgan fingerprint density at radius 1 is 1.11 bits per heavy atom. The van der Waals surface area contributed by atoms with Crippen LogP contribution in [0.5, 0.6) is 0 Å². The Kier molecular flexibility index (Phi) is 4.63. The summed E-state index contributed by atoms with van der Waals surface area (Å²) in [7, 11) is -3.71. The molecule has 4 saturated carbocycles. The molecule has 0 atom stereocenters. The zero-order chi connectivity index (χ0) is 19.2. The molecule has 0 unspecified atom stereocenters. The van der Waals surface area contributed by atoms with E-state index in [4.69, 9.17) is 5.14 Å². The van der Waals surface area contributed by atoms with Crippen molar-refractivity contribution in [3.63, 3.8) is 0 Å². The van der Waals surface area contributed by atoms with Crippen molar-refractivity contribution in [2.24, 2.45) is 33.4 Å². The van der Waals surface area contributed by atoms with Crippen LogP contribution in [0, 0.1) is 23.2 Å². The van der Waals surface area contributed by atoms with Gasteiger partial charge in [0.25, 0.3) is 0 Å².